The summed E-state index contributed by atoms with van der Waals surface area (Å²) < 4.78 is 45.0. The first-order chi connectivity index (χ1) is 21.8. The van der Waals surface area contributed by atoms with Gasteiger partial charge in [0.1, 0.15) is 53.7 Å². The van der Waals surface area contributed by atoms with Crippen LogP contribution < -0.4 is 16.8 Å². The summed E-state index contributed by atoms with van der Waals surface area (Å²) in [5, 5.41) is 14.2. The normalized spacial score (nSPS) is 40.8. The van der Waals surface area contributed by atoms with Gasteiger partial charge in [-0.05, 0) is 23.6 Å². The van der Waals surface area contributed by atoms with Gasteiger partial charge in [0, 0.05) is 0 Å². The second-order valence-corrected chi connectivity index (χ2v) is 16.6. The molecule has 8 rings (SSSR count). The highest BCUT2D eigenvalue weighted by Crippen LogP contribution is 2.58. The van der Waals surface area contributed by atoms with Crippen molar-refractivity contribution in [3.05, 3.63) is 31.3 Å². The molecule has 2 bridgehead atoms. The number of rotatable bonds is 2. The molecule has 0 spiro atoms. The molecule has 0 amide bonds. The van der Waals surface area contributed by atoms with Gasteiger partial charge in [-0.15, -0.1) is 0 Å². The number of aliphatic imine (C=N–C) groups is 1. The molecule has 20 nitrogen and oxygen atoms in total. The van der Waals surface area contributed by atoms with Gasteiger partial charge in [-0.1, -0.05) is 6.58 Å². The first-order valence-corrected chi connectivity index (χ1v) is 18.8. The van der Waals surface area contributed by atoms with Crippen molar-refractivity contribution in [1.29, 1.82) is 0 Å². The molecule has 46 heavy (non-hydrogen) atoms. The van der Waals surface area contributed by atoms with E-state index in [0.29, 0.717) is 17.2 Å². The molecule has 24 heteroatoms. The van der Waals surface area contributed by atoms with E-state index in [2.05, 4.69) is 36.8 Å². The SMILES string of the molecule is C=C1NC(N)=Nc2c1ncn2[C@@H]1O[C@@]23CO[C@@H]1[C@@H]2OP(O)(=S)OC[C@H]1O[C@@H](n2cnc4c(N)ncnc42)[C@H](O)C1OP(O)(=S)OC3. The molecule has 4 fully saturated rings. The Hall–Kier alpha value is -2.53. The summed E-state index contributed by atoms with van der Waals surface area (Å²) in [5.74, 6) is 0.569. The number of aliphatic hydroxyl groups is 1. The van der Waals surface area contributed by atoms with E-state index in [9.17, 15) is 14.9 Å². The zero-order valence-electron chi connectivity index (χ0n) is 23.3. The van der Waals surface area contributed by atoms with Crippen LogP contribution in [-0.4, -0.2) is 106 Å². The zero-order valence-corrected chi connectivity index (χ0v) is 26.7. The van der Waals surface area contributed by atoms with Gasteiger partial charge in [-0.3, -0.25) is 18.2 Å². The van der Waals surface area contributed by atoms with Crippen molar-refractivity contribution in [2.24, 2.45) is 10.7 Å². The molecule has 0 aromatic carbocycles. The fourth-order valence-corrected chi connectivity index (χ4v) is 9.01. The first-order valence-electron chi connectivity index (χ1n) is 13.6. The quantitative estimate of drug-likeness (QED) is 0.174. The maximum Gasteiger partial charge on any atom is 0.325 e. The molecule has 5 aliphatic heterocycles. The molecule has 3 aromatic heterocycles. The van der Waals surface area contributed by atoms with E-state index in [1.165, 1.54) is 23.5 Å². The minimum atomic E-state index is -4.12. The van der Waals surface area contributed by atoms with E-state index in [1.54, 1.807) is 4.57 Å². The Labute approximate surface area is 268 Å². The molecule has 5 aliphatic rings. The number of ether oxygens (including phenoxy) is 3. The summed E-state index contributed by atoms with van der Waals surface area (Å²) in [4.78, 5) is 43.4. The van der Waals surface area contributed by atoms with Gasteiger partial charge < -0.3 is 54.9 Å². The molecule has 10 atom stereocenters. The summed E-state index contributed by atoms with van der Waals surface area (Å²) in [6.45, 7) is -5.19. The summed E-state index contributed by atoms with van der Waals surface area (Å²) in [5.41, 5.74) is 11.8. The lowest BCUT2D eigenvalue weighted by atomic mass is 10.0. The van der Waals surface area contributed by atoms with Crippen molar-refractivity contribution >= 4 is 71.5 Å². The summed E-state index contributed by atoms with van der Waals surface area (Å²) in [7, 11) is 0. The number of aliphatic hydroxyl groups excluding tert-OH is 1. The average molecular weight is 717 g/mol. The van der Waals surface area contributed by atoms with Crippen molar-refractivity contribution in [2.45, 2.75) is 48.6 Å². The number of imidazole rings is 2. The number of hydrogen-bond donors (Lipinski definition) is 6. The van der Waals surface area contributed by atoms with Crippen molar-refractivity contribution in [1.82, 2.24) is 34.4 Å². The average Bonchev–Trinajstić information content (AvgIpc) is 3.80. The molecule has 246 valence electrons. The molecule has 3 aromatic rings. The lowest BCUT2D eigenvalue weighted by molar-refractivity contribution is -0.184. The van der Waals surface area contributed by atoms with E-state index in [-0.39, 0.29) is 29.5 Å². The number of aromatic nitrogens is 6. The minimum absolute atomic E-state index is 0.0847. The van der Waals surface area contributed by atoms with E-state index in [0.717, 1.165) is 0 Å². The summed E-state index contributed by atoms with van der Waals surface area (Å²) in [6.07, 6.45) is -3.81. The third kappa shape index (κ3) is 4.92. The standard InChI is InChI=1S/C22H26N10O10P2S2/c1-8-10-18(30-21(24)29-8)32(6-27-10)20-14-15-22(40-20,3-36-14)4-38-44(35,46)41-13-9(2-37-43(34,45)42-15)39-19(12(13)33)31-7-28-11-16(23)25-5-26-17(11)31/h5-7,9,12-15,19-20,33H,1-4H2,(H,34,45)(H,35,46)(H2,23,25,26)(H3,24,29,30)/t9-,12-,13?,14-,15+,19-,20-,22-,43?,44?/m1/s1. The number of nitrogens with one attached hydrogen (secondary N) is 1. The molecule has 8 heterocycles. The molecule has 4 saturated heterocycles. The van der Waals surface area contributed by atoms with Crippen LogP contribution in [0.25, 0.3) is 16.9 Å². The van der Waals surface area contributed by atoms with E-state index >= 15 is 0 Å². The second kappa shape index (κ2) is 10.7. The summed E-state index contributed by atoms with van der Waals surface area (Å²) in [6, 6.07) is 0. The fraction of sp³-hybridized carbons (Fsp3) is 0.500. The van der Waals surface area contributed by atoms with Crippen LogP contribution in [0.3, 0.4) is 0 Å². The van der Waals surface area contributed by atoms with E-state index < -0.39 is 75.2 Å². The van der Waals surface area contributed by atoms with Gasteiger partial charge >= 0.3 is 13.4 Å². The van der Waals surface area contributed by atoms with Crippen LogP contribution in [0.15, 0.2) is 30.6 Å². The van der Waals surface area contributed by atoms with Crippen LogP contribution in [0.5, 0.6) is 0 Å². The van der Waals surface area contributed by atoms with Crippen molar-refractivity contribution in [3.8, 4) is 0 Å². The highest BCUT2D eigenvalue weighted by molar-refractivity contribution is 8.07. The van der Waals surface area contributed by atoms with Gasteiger partial charge in [0.05, 0.1) is 38.2 Å². The van der Waals surface area contributed by atoms with Crippen LogP contribution in [-0.2, 0) is 55.9 Å². The van der Waals surface area contributed by atoms with Crippen LogP contribution >= 0.6 is 13.4 Å². The van der Waals surface area contributed by atoms with Gasteiger partial charge in [-0.25, -0.2) is 19.9 Å². The predicted molar refractivity (Wildman–Crippen MR) is 163 cm³/mol. The summed E-state index contributed by atoms with van der Waals surface area (Å²) >= 11 is 10.8. The number of guanidine groups is 1. The van der Waals surface area contributed by atoms with Crippen LogP contribution in [0.2, 0.25) is 0 Å². The van der Waals surface area contributed by atoms with E-state index in [4.69, 9.17) is 67.4 Å². The largest absolute Gasteiger partial charge is 0.386 e. The Morgan fingerprint density at radius 2 is 1.78 bits per heavy atom. The van der Waals surface area contributed by atoms with Crippen LogP contribution in [0, 0.1) is 0 Å². The third-order valence-corrected chi connectivity index (χ3v) is 11.2. The maximum atomic E-state index is 11.4. The van der Waals surface area contributed by atoms with Crippen LogP contribution in [0.4, 0.5) is 11.6 Å². The Morgan fingerprint density at radius 3 is 2.61 bits per heavy atom. The highest BCUT2D eigenvalue weighted by Gasteiger charge is 2.65. The number of nitrogens with two attached hydrogens (primary N) is 2. The first kappa shape index (κ1) is 30.8. The monoisotopic (exact) mass is 716 g/mol. The van der Waals surface area contributed by atoms with Gasteiger partial charge in [0.2, 0.25) is 0 Å². The zero-order chi connectivity index (χ0) is 32.2. The Balaban J connectivity index is 1.10. The lowest BCUT2D eigenvalue weighted by Gasteiger charge is -2.34. The van der Waals surface area contributed by atoms with E-state index in [1.807, 2.05) is 0 Å². The molecule has 0 saturated carbocycles. The Bertz CT molecular complexity index is 1890. The van der Waals surface area contributed by atoms with Crippen molar-refractivity contribution in [2.75, 3.05) is 25.6 Å². The van der Waals surface area contributed by atoms with Gasteiger partial charge in [0.25, 0.3) is 0 Å². The smallest absolute Gasteiger partial charge is 0.325 e. The second-order valence-electron chi connectivity index (χ2n) is 11.0. The molecule has 0 radical (unpaired) electrons. The topological polar surface area (TPSA) is 263 Å². The highest BCUT2D eigenvalue weighted by atomic mass is 32.5. The number of nitrogens with zero attached hydrogens (tertiary/aromatic N) is 7. The molecular formula is C22H26N10O10P2S2. The molecule has 3 unspecified atom stereocenters. The number of hydrogen-bond acceptors (Lipinski definition) is 18. The molecular weight excluding hydrogens is 690 g/mol. The maximum absolute atomic E-state index is 11.4. The number of anilines is 1. The predicted octanol–water partition coefficient (Wildman–Crippen LogP) is -0.999. The number of fused-ring (bicyclic) bond motifs is 3. The van der Waals surface area contributed by atoms with Crippen molar-refractivity contribution in [3.63, 3.8) is 0 Å². The van der Waals surface area contributed by atoms with Crippen LogP contribution in [0.1, 0.15) is 18.1 Å². The third-order valence-electron chi connectivity index (χ3n) is 8.15. The Morgan fingerprint density at radius 1 is 1.00 bits per heavy atom. The lowest BCUT2D eigenvalue weighted by Crippen LogP contribution is -2.46. The fourth-order valence-electron chi connectivity index (χ4n) is 6.08. The van der Waals surface area contributed by atoms with Crippen molar-refractivity contribution < 1.29 is 47.2 Å². The minimum Gasteiger partial charge on any atom is -0.386 e. The molecule has 0 aliphatic carbocycles. The van der Waals surface area contributed by atoms with Gasteiger partial charge in [0.15, 0.2) is 35.7 Å². The molecule has 8 N–H and O–H groups in total. The number of nitrogen functional groups attached to an aromatic ring is 1. The Kier molecular flexibility index (Phi) is 7.19. The van der Waals surface area contributed by atoms with Gasteiger partial charge in [-0.2, -0.15) is 4.99 Å².